The molecule has 0 aliphatic rings. The fourth-order valence-electron chi connectivity index (χ4n) is 1.21. The van der Waals surface area contributed by atoms with Crippen LogP contribution in [0.5, 0.6) is 0 Å². The van der Waals surface area contributed by atoms with Crippen molar-refractivity contribution in [2.45, 2.75) is 32.8 Å². The summed E-state index contributed by atoms with van der Waals surface area (Å²) in [6, 6.07) is 1.74. The lowest BCUT2D eigenvalue weighted by molar-refractivity contribution is 0.0919. The summed E-state index contributed by atoms with van der Waals surface area (Å²) in [4.78, 5) is 11.5. The van der Waals surface area contributed by atoms with Crippen LogP contribution in [0.15, 0.2) is 6.07 Å². The number of aromatic nitrogens is 2. The number of nitrogens with zero attached hydrogens (tertiary/aromatic N) is 1. The normalized spacial score (nSPS) is 12.5. The highest BCUT2D eigenvalue weighted by Gasteiger charge is 2.10. The molecule has 5 heteroatoms. The fraction of sp³-hybridized carbons (Fsp3) is 0.600. The van der Waals surface area contributed by atoms with Crippen LogP contribution in [0.2, 0.25) is 0 Å². The van der Waals surface area contributed by atoms with Gasteiger partial charge in [0, 0.05) is 12.2 Å². The molecule has 0 saturated carbocycles. The van der Waals surface area contributed by atoms with Crippen molar-refractivity contribution in [3.63, 3.8) is 0 Å². The van der Waals surface area contributed by atoms with Gasteiger partial charge in [0.2, 0.25) is 0 Å². The summed E-state index contributed by atoms with van der Waals surface area (Å²) in [5, 5.41) is 18.3. The predicted octanol–water partition coefficient (Wildman–Crippen LogP) is 0.473. The highest BCUT2D eigenvalue weighted by molar-refractivity contribution is 5.92. The van der Waals surface area contributed by atoms with Crippen molar-refractivity contribution in [3.05, 3.63) is 17.5 Å². The first-order chi connectivity index (χ1) is 7.13. The van der Waals surface area contributed by atoms with Crippen molar-refractivity contribution in [3.8, 4) is 0 Å². The van der Waals surface area contributed by atoms with E-state index in [0.717, 1.165) is 18.5 Å². The maximum absolute atomic E-state index is 11.5. The molecule has 1 aromatic heterocycles. The Morgan fingerprint density at radius 1 is 1.73 bits per heavy atom. The minimum absolute atomic E-state index is 0.245. The molecule has 1 atom stereocenters. The third-order valence-electron chi connectivity index (χ3n) is 1.94. The average molecular weight is 211 g/mol. The largest absolute Gasteiger partial charge is 0.392 e. The lowest BCUT2D eigenvalue weighted by Gasteiger charge is -2.04. The molecule has 3 N–H and O–H groups in total. The lowest BCUT2D eigenvalue weighted by atomic mass is 10.2. The summed E-state index contributed by atoms with van der Waals surface area (Å²) in [7, 11) is 0. The minimum atomic E-state index is -0.539. The van der Waals surface area contributed by atoms with Crippen molar-refractivity contribution in [2.24, 2.45) is 0 Å². The van der Waals surface area contributed by atoms with E-state index in [1.165, 1.54) is 0 Å². The molecule has 0 saturated heterocycles. The Labute approximate surface area is 88.9 Å². The molecule has 0 aliphatic carbocycles. The van der Waals surface area contributed by atoms with Crippen LogP contribution in [0.3, 0.4) is 0 Å². The molecule has 0 radical (unpaired) electrons. The van der Waals surface area contributed by atoms with Crippen LogP contribution in [0.1, 0.15) is 36.5 Å². The zero-order chi connectivity index (χ0) is 11.3. The lowest BCUT2D eigenvalue weighted by Crippen LogP contribution is -2.30. The van der Waals surface area contributed by atoms with Gasteiger partial charge in [0.1, 0.15) is 5.69 Å². The van der Waals surface area contributed by atoms with Crippen LogP contribution in [0.4, 0.5) is 0 Å². The van der Waals surface area contributed by atoms with Crippen molar-refractivity contribution in [1.82, 2.24) is 15.5 Å². The van der Waals surface area contributed by atoms with E-state index in [4.69, 9.17) is 5.11 Å². The number of amides is 1. The first kappa shape index (κ1) is 11.7. The number of aliphatic hydroxyl groups excluding tert-OH is 1. The molecule has 1 rings (SSSR count). The van der Waals surface area contributed by atoms with Gasteiger partial charge in [-0.15, -0.1) is 0 Å². The summed E-state index contributed by atoms with van der Waals surface area (Å²) in [5.41, 5.74) is 1.33. The molecule has 1 unspecified atom stereocenters. The van der Waals surface area contributed by atoms with Gasteiger partial charge in [-0.1, -0.05) is 13.3 Å². The number of aliphatic hydroxyl groups is 1. The maximum atomic E-state index is 11.5. The van der Waals surface area contributed by atoms with E-state index in [0.29, 0.717) is 5.69 Å². The van der Waals surface area contributed by atoms with Gasteiger partial charge in [-0.25, -0.2) is 0 Å². The number of aryl methyl sites for hydroxylation is 1. The molecule has 84 valence electrons. The van der Waals surface area contributed by atoms with Crippen LogP contribution in [-0.4, -0.2) is 33.9 Å². The molecule has 0 aliphatic heterocycles. The van der Waals surface area contributed by atoms with Crippen LogP contribution in [-0.2, 0) is 6.42 Å². The molecule has 5 nitrogen and oxygen atoms in total. The van der Waals surface area contributed by atoms with Gasteiger partial charge in [0.15, 0.2) is 0 Å². The van der Waals surface area contributed by atoms with Gasteiger partial charge in [0.25, 0.3) is 5.91 Å². The smallest absolute Gasteiger partial charge is 0.271 e. The molecule has 0 bridgehead atoms. The fourth-order valence-corrected chi connectivity index (χ4v) is 1.21. The standard InChI is InChI=1S/C10H17N3O2/c1-3-4-8-5-9(13-12-8)10(15)11-6-7(2)14/h5,7,14H,3-4,6H2,1-2H3,(H,11,15)(H,12,13). The first-order valence-corrected chi connectivity index (χ1v) is 5.14. The van der Waals surface area contributed by atoms with E-state index in [1.54, 1.807) is 13.0 Å². The summed E-state index contributed by atoms with van der Waals surface area (Å²) >= 11 is 0. The number of carbonyl (C=O) groups excluding carboxylic acids is 1. The zero-order valence-electron chi connectivity index (χ0n) is 9.08. The van der Waals surface area contributed by atoms with Crippen molar-refractivity contribution < 1.29 is 9.90 Å². The minimum Gasteiger partial charge on any atom is -0.392 e. The van der Waals surface area contributed by atoms with E-state index in [9.17, 15) is 4.79 Å². The molecular formula is C10H17N3O2. The zero-order valence-corrected chi connectivity index (χ0v) is 9.08. The molecule has 1 amide bonds. The molecule has 15 heavy (non-hydrogen) atoms. The number of nitrogens with one attached hydrogen (secondary N) is 2. The van der Waals surface area contributed by atoms with Gasteiger partial charge < -0.3 is 10.4 Å². The quantitative estimate of drug-likeness (QED) is 0.662. The number of carbonyl (C=O) groups is 1. The van der Waals surface area contributed by atoms with Gasteiger partial charge >= 0.3 is 0 Å². The van der Waals surface area contributed by atoms with Crippen LogP contribution < -0.4 is 5.32 Å². The van der Waals surface area contributed by atoms with Crippen LogP contribution >= 0.6 is 0 Å². The van der Waals surface area contributed by atoms with Crippen molar-refractivity contribution in [1.29, 1.82) is 0 Å². The first-order valence-electron chi connectivity index (χ1n) is 5.14. The van der Waals surface area contributed by atoms with E-state index in [2.05, 4.69) is 22.4 Å². The van der Waals surface area contributed by atoms with Gasteiger partial charge in [-0.3, -0.25) is 9.89 Å². The summed E-state index contributed by atoms with van der Waals surface area (Å²) in [5.74, 6) is -0.255. The number of rotatable bonds is 5. The third kappa shape index (κ3) is 3.71. The topological polar surface area (TPSA) is 78.0 Å². The Bertz CT molecular complexity index is 320. The van der Waals surface area contributed by atoms with Gasteiger partial charge in [-0.2, -0.15) is 5.10 Å². The summed E-state index contributed by atoms with van der Waals surface area (Å²) in [6.07, 6.45) is 1.36. The Kier molecular flexibility index (Phi) is 4.30. The van der Waals surface area contributed by atoms with Gasteiger partial charge in [0.05, 0.1) is 6.10 Å². The summed E-state index contributed by atoms with van der Waals surface area (Å²) in [6.45, 7) is 3.93. The molecule has 0 aromatic carbocycles. The molecule has 0 spiro atoms. The third-order valence-corrected chi connectivity index (χ3v) is 1.94. The second-order valence-corrected chi connectivity index (χ2v) is 3.59. The Morgan fingerprint density at radius 2 is 2.47 bits per heavy atom. The van der Waals surface area contributed by atoms with E-state index in [1.807, 2.05) is 0 Å². The second kappa shape index (κ2) is 5.50. The van der Waals surface area contributed by atoms with Crippen LogP contribution in [0, 0.1) is 0 Å². The average Bonchev–Trinajstić information content (AvgIpc) is 2.63. The Hall–Kier alpha value is -1.36. The number of hydrogen-bond acceptors (Lipinski definition) is 3. The Balaban J connectivity index is 2.50. The second-order valence-electron chi connectivity index (χ2n) is 3.59. The highest BCUT2D eigenvalue weighted by atomic mass is 16.3. The van der Waals surface area contributed by atoms with Crippen LogP contribution in [0.25, 0.3) is 0 Å². The van der Waals surface area contributed by atoms with Gasteiger partial charge in [-0.05, 0) is 19.4 Å². The molecule has 0 fully saturated rings. The molecule has 1 heterocycles. The predicted molar refractivity (Wildman–Crippen MR) is 56.6 cm³/mol. The maximum Gasteiger partial charge on any atom is 0.271 e. The number of hydrogen-bond donors (Lipinski definition) is 3. The molecular weight excluding hydrogens is 194 g/mol. The summed E-state index contributed by atoms with van der Waals surface area (Å²) < 4.78 is 0. The number of aromatic amines is 1. The number of H-pyrrole nitrogens is 1. The highest BCUT2D eigenvalue weighted by Crippen LogP contribution is 2.02. The van der Waals surface area contributed by atoms with E-state index < -0.39 is 6.10 Å². The van der Waals surface area contributed by atoms with E-state index >= 15 is 0 Å². The molecule has 1 aromatic rings. The SMILES string of the molecule is CCCc1cc(C(=O)NCC(C)O)n[nH]1. The van der Waals surface area contributed by atoms with Crippen molar-refractivity contribution in [2.75, 3.05) is 6.54 Å². The van der Waals surface area contributed by atoms with Crippen molar-refractivity contribution >= 4 is 5.91 Å². The monoisotopic (exact) mass is 211 g/mol. The Morgan fingerprint density at radius 3 is 3.07 bits per heavy atom. The van der Waals surface area contributed by atoms with E-state index in [-0.39, 0.29) is 12.5 Å².